The Balaban J connectivity index is 2.85. The third-order valence-corrected chi connectivity index (χ3v) is 2.12. The Morgan fingerprint density at radius 2 is 1.81 bits per heavy atom. The lowest BCUT2D eigenvalue weighted by Gasteiger charge is -2.17. The lowest BCUT2D eigenvalue weighted by Crippen LogP contribution is -2.23. The van der Waals surface area contributed by atoms with E-state index >= 15 is 0 Å². The largest absolute Gasteiger partial charge is 0.481 e. The van der Waals surface area contributed by atoms with Crippen LogP contribution in [0.3, 0.4) is 0 Å². The number of nitrogens with zero attached hydrogens (tertiary/aromatic N) is 3. The average molecular weight is 226 g/mol. The number of hydrogen-bond donors (Lipinski definition) is 1. The zero-order valence-electron chi connectivity index (χ0n) is 9.93. The Labute approximate surface area is 95.4 Å². The lowest BCUT2D eigenvalue weighted by molar-refractivity contribution is 0.372. The van der Waals surface area contributed by atoms with Crippen LogP contribution in [0.1, 0.15) is 6.42 Å². The molecule has 6 nitrogen and oxygen atoms in total. The fourth-order valence-corrected chi connectivity index (χ4v) is 1.20. The molecule has 0 spiro atoms. The zero-order valence-corrected chi connectivity index (χ0v) is 9.93. The van der Waals surface area contributed by atoms with E-state index in [0.717, 1.165) is 13.0 Å². The van der Waals surface area contributed by atoms with Gasteiger partial charge in [0, 0.05) is 13.6 Å². The maximum Gasteiger partial charge on any atom is 0.231 e. The third kappa shape index (κ3) is 3.23. The summed E-state index contributed by atoms with van der Waals surface area (Å²) >= 11 is 0. The predicted molar refractivity (Wildman–Crippen MR) is 62.1 cm³/mol. The predicted octanol–water partition coefficient (Wildman–Crippen LogP) is 0.279. The van der Waals surface area contributed by atoms with Crippen LogP contribution in [-0.4, -0.2) is 44.3 Å². The van der Waals surface area contributed by atoms with Gasteiger partial charge in [0.05, 0.1) is 20.3 Å². The minimum atomic E-state index is 0.487. The first-order chi connectivity index (χ1) is 7.71. The fraction of sp³-hybridized carbons (Fsp3) is 0.600. The number of methoxy groups -OCH3 is 2. The molecule has 0 aliphatic heterocycles. The van der Waals surface area contributed by atoms with E-state index in [1.807, 2.05) is 11.9 Å². The van der Waals surface area contributed by atoms with E-state index in [1.54, 1.807) is 20.3 Å². The molecule has 0 saturated carbocycles. The number of ether oxygens (including phenoxy) is 2. The minimum Gasteiger partial charge on any atom is -0.481 e. The summed E-state index contributed by atoms with van der Waals surface area (Å²) < 4.78 is 10.1. The molecule has 0 aliphatic rings. The number of rotatable bonds is 6. The molecule has 0 fully saturated rings. The molecule has 1 heterocycles. The molecular formula is C10H18N4O2. The molecule has 90 valence electrons. The zero-order chi connectivity index (χ0) is 12.0. The van der Waals surface area contributed by atoms with Gasteiger partial charge in [0.15, 0.2) is 0 Å². The van der Waals surface area contributed by atoms with Gasteiger partial charge in [0.25, 0.3) is 0 Å². The number of aromatic nitrogens is 2. The van der Waals surface area contributed by atoms with Crippen molar-refractivity contribution in [2.45, 2.75) is 6.42 Å². The molecule has 0 bridgehead atoms. The highest BCUT2D eigenvalue weighted by atomic mass is 16.5. The Hall–Kier alpha value is -1.56. The van der Waals surface area contributed by atoms with Crippen molar-refractivity contribution in [1.29, 1.82) is 0 Å². The Morgan fingerprint density at radius 3 is 2.25 bits per heavy atom. The van der Waals surface area contributed by atoms with Gasteiger partial charge in [0.2, 0.25) is 17.7 Å². The Morgan fingerprint density at radius 1 is 1.25 bits per heavy atom. The first kappa shape index (κ1) is 12.5. The van der Waals surface area contributed by atoms with Crippen molar-refractivity contribution in [3.63, 3.8) is 0 Å². The van der Waals surface area contributed by atoms with Gasteiger partial charge in [-0.05, 0) is 13.0 Å². The van der Waals surface area contributed by atoms with Crippen LogP contribution in [0.2, 0.25) is 0 Å². The molecule has 0 amide bonds. The summed E-state index contributed by atoms with van der Waals surface area (Å²) in [6, 6.07) is 1.64. The normalized spacial score (nSPS) is 10.0. The Kier molecular flexibility index (Phi) is 4.78. The molecule has 2 N–H and O–H groups in total. The maximum absolute atomic E-state index is 5.45. The van der Waals surface area contributed by atoms with Gasteiger partial charge in [0.1, 0.15) is 0 Å². The summed E-state index contributed by atoms with van der Waals surface area (Å²) in [6.45, 7) is 1.44. The number of nitrogens with two attached hydrogens (primary N) is 1. The standard InChI is InChI=1S/C10H18N4O2/c1-14(6-4-5-11)10-12-8(15-2)7-9(13-10)16-3/h7H,4-6,11H2,1-3H3. The van der Waals surface area contributed by atoms with Gasteiger partial charge in [-0.15, -0.1) is 0 Å². The number of anilines is 1. The molecule has 0 aliphatic carbocycles. The quantitative estimate of drug-likeness (QED) is 0.751. The molecule has 6 heteroatoms. The summed E-state index contributed by atoms with van der Waals surface area (Å²) in [5.41, 5.74) is 5.45. The molecule has 0 unspecified atom stereocenters. The Bertz CT molecular complexity index is 310. The molecule has 0 atom stereocenters. The van der Waals surface area contributed by atoms with Gasteiger partial charge in [-0.2, -0.15) is 9.97 Å². The smallest absolute Gasteiger partial charge is 0.231 e. The van der Waals surface area contributed by atoms with Gasteiger partial charge in [-0.3, -0.25) is 0 Å². The lowest BCUT2D eigenvalue weighted by atomic mass is 10.4. The molecular weight excluding hydrogens is 208 g/mol. The van der Waals surface area contributed by atoms with Gasteiger partial charge in [-0.1, -0.05) is 0 Å². The molecule has 0 radical (unpaired) electrons. The van der Waals surface area contributed by atoms with Crippen LogP contribution < -0.4 is 20.1 Å². The van der Waals surface area contributed by atoms with Crippen molar-refractivity contribution < 1.29 is 9.47 Å². The van der Waals surface area contributed by atoms with Crippen molar-refractivity contribution in [2.24, 2.45) is 5.73 Å². The van der Waals surface area contributed by atoms with Crippen molar-refractivity contribution in [2.75, 3.05) is 39.3 Å². The van der Waals surface area contributed by atoms with E-state index in [9.17, 15) is 0 Å². The molecule has 1 aromatic rings. The average Bonchev–Trinajstić information content (AvgIpc) is 2.35. The second kappa shape index (κ2) is 6.12. The van der Waals surface area contributed by atoms with E-state index < -0.39 is 0 Å². The molecule has 1 rings (SSSR count). The van der Waals surface area contributed by atoms with E-state index in [2.05, 4.69) is 9.97 Å². The SMILES string of the molecule is COc1cc(OC)nc(N(C)CCCN)n1. The second-order valence-corrected chi connectivity index (χ2v) is 3.32. The van der Waals surface area contributed by atoms with E-state index in [-0.39, 0.29) is 0 Å². The summed E-state index contributed by atoms with van der Waals surface area (Å²) in [7, 11) is 5.03. The summed E-state index contributed by atoms with van der Waals surface area (Å²) in [4.78, 5) is 10.4. The summed E-state index contributed by atoms with van der Waals surface area (Å²) in [5.74, 6) is 1.55. The monoisotopic (exact) mass is 226 g/mol. The van der Waals surface area contributed by atoms with Crippen LogP contribution in [-0.2, 0) is 0 Å². The number of hydrogen-bond acceptors (Lipinski definition) is 6. The van der Waals surface area contributed by atoms with Crippen molar-refractivity contribution in [3.8, 4) is 11.8 Å². The van der Waals surface area contributed by atoms with Crippen LogP contribution >= 0.6 is 0 Å². The van der Waals surface area contributed by atoms with Crippen LogP contribution in [0.4, 0.5) is 5.95 Å². The molecule has 0 aromatic carbocycles. The van der Waals surface area contributed by atoms with Gasteiger partial charge >= 0.3 is 0 Å². The van der Waals surface area contributed by atoms with Gasteiger partial charge in [-0.25, -0.2) is 0 Å². The third-order valence-electron chi connectivity index (χ3n) is 2.12. The molecule has 16 heavy (non-hydrogen) atoms. The van der Waals surface area contributed by atoms with Gasteiger partial charge < -0.3 is 20.1 Å². The highest BCUT2D eigenvalue weighted by Gasteiger charge is 2.08. The fourth-order valence-electron chi connectivity index (χ4n) is 1.20. The van der Waals surface area contributed by atoms with Crippen LogP contribution in [0, 0.1) is 0 Å². The van der Waals surface area contributed by atoms with Crippen LogP contribution in [0.25, 0.3) is 0 Å². The molecule has 0 saturated heterocycles. The first-order valence-electron chi connectivity index (χ1n) is 5.09. The first-order valence-corrected chi connectivity index (χ1v) is 5.09. The summed E-state index contributed by atoms with van der Waals surface area (Å²) in [5, 5.41) is 0. The minimum absolute atomic E-state index is 0.487. The van der Waals surface area contributed by atoms with E-state index in [0.29, 0.717) is 24.3 Å². The maximum atomic E-state index is 5.45. The van der Waals surface area contributed by atoms with Crippen molar-refractivity contribution in [3.05, 3.63) is 6.07 Å². The highest BCUT2D eigenvalue weighted by molar-refractivity contribution is 5.35. The second-order valence-electron chi connectivity index (χ2n) is 3.32. The van der Waals surface area contributed by atoms with Crippen LogP contribution in [0.5, 0.6) is 11.8 Å². The highest BCUT2D eigenvalue weighted by Crippen LogP contribution is 2.19. The van der Waals surface area contributed by atoms with Crippen LogP contribution in [0.15, 0.2) is 6.07 Å². The molecule has 1 aromatic heterocycles. The van der Waals surface area contributed by atoms with E-state index in [4.69, 9.17) is 15.2 Å². The van der Waals surface area contributed by atoms with Crippen molar-refractivity contribution in [1.82, 2.24) is 9.97 Å². The van der Waals surface area contributed by atoms with Crippen molar-refractivity contribution >= 4 is 5.95 Å². The topological polar surface area (TPSA) is 73.5 Å². The van der Waals surface area contributed by atoms with E-state index in [1.165, 1.54) is 0 Å². The summed E-state index contributed by atoms with van der Waals surface area (Å²) in [6.07, 6.45) is 0.888.